The molecule has 3 N–H and O–H groups in total. The summed E-state index contributed by atoms with van der Waals surface area (Å²) < 4.78 is 0. The van der Waals surface area contributed by atoms with Gasteiger partial charge in [0.05, 0.1) is 22.0 Å². The summed E-state index contributed by atoms with van der Waals surface area (Å²) >= 11 is 1.75. The van der Waals surface area contributed by atoms with E-state index in [4.69, 9.17) is 0 Å². The zero-order chi connectivity index (χ0) is 26.8. The van der Waals surface area contributed by atoms with Gasteiger partial charge in [0, 0.05) is 50.5 Å². The predicted octanol–water partition coefficient (Wildman–Crippen LogP) is 8.16. The van der Waals surface area contributed by atoms with Crippen molar-refractivity contribution < 1.29 is 0 Å². The van der Waals surface area contributed by atoms with Crippen LogP contribution in [0.2, 0.25) is 0 Å². The third-order valence-corrected chi connectivity index (χ3v) is 7.36. The van der Waals surface area contributed by atoms with Gasteiger partial charge < -0.3 is 10.3 Å². The minimum atomic E-state index is 0.527. The summed E-state index contributed by atoms with van der Waals surface area (Å²) in [5.41, 5.74) is 8.41. The van der Waals surface area contributed by atoms with Crippen LogP contribution in [-0.4, -0.2) is 25.1 Å². The van der Waals surface area contributed by atoms with Gasteiger partial charge in [-0.2, -0.15) is 5.10 Å². The van der Waals surface area contributed by atoms with E-state index < -0.39 is 0 Å². The highest BCUT2D eigenvalue weighted by Gasteiger charge is 2.16. The number of fused-ring (bicyclic) bond motifs is 2. The largest absolute Gasteiger partial charge is 0.359 e. The minimum absolute atomic E-state index is 0.527. The summed E-state index contributed by atoms with van der Waals surface area (Å²) in [6.07, 6.45) is 10.6. The highest BCUT2D eigenvalue weighted by atomic mass is 32.1. The highest BCUT2D eigenvalue weighted by molar-refractivity contribution is 7.15. The maximum Gasteiger partial charge on any atom is 0.181 e. The fourth-order valence-corrected chi connectivity index (χ4v) is 5.48. The minimum Gasteiger partial charge on any atom is -0.359 e. The number of rotatable bonds is 9. The lowest BCUT2D eigenvalue weighted by atomic mass is 10.0. The Labute approximate surface area is 226 Å². The summed E-state index contributed by atoms with van der Waals surface area (Å²) in [5.74, 6) is 0.527. The lowest BCUT2D eigenvalue weighted by Gasteiger charge is -2.13. The van der Waals surface area contributed by atoms with Crippen LogP contribution in [0.25, 0.3) is 49.5 Å². The van der Waals surface area contributed by atoms with Crippen molar-refractivity contribution in [3.05, 3.63) is 95.9 Å². The molecule has 5 aromatic rings. The van der Waals surface area contributed by atoms with Crippen LogP contribution in [0.3, 0.4) is 0 Å². The monoisotopic (exact) mass is 520 g/mol. The Kier molecular flexibility index (Phi) is 7.11. The van der Waals surface area contributed by atoms with Crippen molar-refractivity contribution in [1.82, 2.24) is 30.5 Å². The SMILES string of the molecule is C=C/C(=C\C(=C/C)c1cnc2n[nH]c(-c3cc4c(-c5ccc(C)s5)nccc4[nH]3)c2c1)NC(=C)CC(C)C. The summed E-state index contributed by atoms with van der Waals surface area (Å²) in [7, 11) is 0. The molecule has 38 heavy (non-hydrogen) atoms. The molecular formula is C31H32N6S. The van der Waals surface area contributed by atoms with E-state index in [0.29, 0.717) is 11.6 Å². The molecule has 0 aliphatic carbocycles. The Balaban J connectivity index is 1.52. The molecule has 0 spiro atoms. The van der Waals surface area contributed by atoms with Gasteiger partial charge in [0.1, 0.15) is 0 Å². The van der Waals surface area contributed by atoms with Gasteiger partial charge in [-0.05, 0) is 74.2 Å². The molecule has 0 atom stereocenters. The number of H-pyrrole nitrogens is 2. The summed E-state index contributed by atoms with van der Waals surface area (Å²) in [5, 5.41) is 13.1. The number of aromatic amines is 2. The fourth-order valence-electron chi connectivity index (χ4n) is 4.60. The van der Waals surface area contributed by atoms with E-state index in [2.05, 4.69) is 101 Å². The number of allylic oxidation sites excluding steroid dienone is 5. The first-order valence-corrected chi connectivity index (χ1v) is 13.5. The van der Waals surface area contributed by atoms with Gasteiger partial charge in [-0.15, -0.1) is 11.3 Å². The lowest BCUT2D eigenvalue weighted by molar-refractivity contribution is 0.622. The molecule has 7 heteroatoms. The van der Waals surface area contributed by atoms with Crippen LogP contribution in [0.4, 0.5) is 0 Å². The molecule has 0 aliphatic rings. The Hall–Kier alpha value is -4.23. The number of nitrogens with zero attached hydrogens (tertiary/aromatic N) is 3. The molecule has 6 nitrogen and oxygen atoms in total. The van der Waals surface area contributed by atoms with Crippen LogP contribution in [0.15, 0.2) is 85.5 Å². The fraction of sp³-hybridized carbons (Fsp3) is 0.194. The Morgan fingerprint density at radius 2 is 2.00 bits per heavy atom. The molecule has 192 valence electrons. The molecule has 0 saturated carbocycles. The van der Waals surface area contributed by atoms with Crippen molar-refractivity contribution in [3.8, 4) is 22.0 Å². The van der Waals surface area contributed by atoms with Gasteiger partial charge in [0.15, 0.2) is 5.65 Å². The molecule has 0 radical (unpaired) electrons. The molecule has 0 aliphatic heterocycles. The number of aromatic nitrogens is 5. The predicted molar refractivity (Wildman–Crippen MR) is 161 cm³/mol. The summed E-state index contributed by atoms with van der Waals surface area (Å²) in [6.45, 7) is 16.6. The van der Waals surface area contributed by atoms with E-state index in [0.717, 1.165) is 67.2 Å². The summed E-state index contributed by atoms with van der Waals surface area (Å²) in [4.78, 5) is 15.3. The number of thiophene rings is 1. The summed E-state index contributed by atoms with van der Waals surface area (Å²) in [6, 6.07) is 10.5. The molecule has 0 unspecified atom stereocenters. The van der Waals surface area contributed by atoms with Gasteiger partial charge in [-0.3, -0.25) is 10.1 Å². The number of hydrogen-bond acceptors (Lipinski definition) is 5. The van der Waals surface area contributed by atoms with Crippen LogP contribution < -0.4 is 5.32 Å². The Morgan fingerprint density at radius 3 is 2.71 bits per heavy atom. The van der Waals surface area contributed by atoms with E-state index in [-0.39, 0.29) is 0 Å². The highest BCUT2D eigenvalue weighted by Crippen LogP contribution is 2.35. The average Bonchev–Trinajstić information content (AvgIpc) is 3.63. The third kappa shape index (κ3) is 5.10. The van der Waals surface area contributed by atoms with Crippen molar-refractivity contribution in [3.63, 3.8) is 0 Å². The Bertz CT molecular complexity index is 1710. The molecule has 5 rings (SSSR count). The van der Waals surface area contributed by atoms with E-state index >= 15 is 0 Å². The second-order valence-electron chi connectivity index (χ2n) is 9.78. The maximum absolute atomic E-state index is 4.69. The topological polar surface area (TPSA) is 82.3 Å². The van der Waals surface area contributed by atoms with Gasteiger partial charge in [0.25, 0.3) is 0 Å². The molecular weight excluding hydrogens is 488 g/mol. The second kappa shape index (κ2) is 10.6. The molecule has 0 amide bonds. The zero-order valence-electron chi connectivity index (χ0n) is 22.2. The first kappa shape index (κ1) is 25.4. The van der Waals surface area contributed by atoms with Gasteiger partial charge in [-0.1, -0.05) is 33.1 Å². The van der Waals surface area contributed by atoms with Gasteiger partial charge in [0.2, 0.25) is 0 Å². The zero-order valence-corrected chi connectivity index (χ0v) is 23.0. The van der Waals surface area contributed by atoms with Crippen molar-refractivity contribution in [2.45, 2.75) is 34.1 Å². The molecule has 5 heterocycles. The first-order valence-electron chi connectivity index (χ1n) is 12.7. The van der Waals surface area contributed by atoms with Crippen LogP contribution in [-0.2, 0) is 0 Å². The maximum atomic E-state index is 4.69. The molecule has 0 aromatic carbocycles. The van der Waals surface area contributed by atoms with Crippen LogP contribution in [0, 0.1) is 12.8 Å². The first-order chi connectivity index (χ1) is 18.4. The standard InChI is InChI=1S/C31H32N6S/c1-7-21(14-23(8-2)34-19(5)13-18(3)4)22-15-25-29(36-37-31(25)33-17-22)27-16-24-26(35-27)11-12-32-30(24)28-10-9-20(6)38-28/h7-12,14-18,34-35H,2,5,13H2,1,3-4,6H3,(H,33,36,37)/b21-7+,23-14+. The van der Waals surface area contributed by atoms with E-state index in [9.17, 15) is 0 Å². The number of nitrogens with one attached hydrogen (secondary N) is 3. The van der Waals surface area contributed by atoms with Crippen molar-refractivity contribution in [1.29, 1.82) is 0 Å². The van der Waals surface area contributed by atoms with E-state index in [1.54, 1.807) is 11.3 Å². The quantitative estimate of drug-likeness (QED) is 0.171. The Morgan fingerprint density at radius 1 is 1.16 bits per heavy atom. The molecule has 0 bridgehead atoms. The number of pyridine rings is 2. The van der Waals surface area contributed by atoms with Gasteiger partial charge in [-0.25, -0.2) is 4.98 Å². The van der Waals surface area contributed by atoms with Crippen LogP contribution in [0.5, 0.6) is 0 Å². The molecule has 5 aromatic heterocycles. The van der Waals surface area contributed by atoms with Gasteiger partial charge >= 0.3 is 0 Å². The number of aryl methyl sites for hydroxylation is 1. The van der Waals surface area contributed by atoms with Crippen molar-refractivity contribution in [2.24, 2.45) is 5.92 Å². The van der Waals surface area contributed by atoms with Crippen molar-refractivity contribution >= 4 is 38.8 Å². The molecule has 0 saturated heterocycles. The normalized spacial score (nSPS) is 12.6. The van der Waals surface area contributed by atoms with Crippen LogP contribution in [0.1, 0.15) is 37.6 Å². The van der Waals surface area contributed by atoms with Crippen molar-refractivity contribution in [2.75, 3.05) is 0 Å². The van der Waals surface area contributed by atoms with E-state index in [1.807, 2.05) is 31.5 Å². The van der Waals surface area contributed by atoms with Crippen LogP contribution >= 0.6 is 11.3 Å². The molecule has 0 fully saturated rings. The third-order valence-electron chi connectivity index (χ3n) is 6.35. The average molecular weight is 521 g/mol. The second-order valence-corrected chi connectivity index (χ2v) is 11.1. The smallest absolute Gasteiger partial charge is 0.181 e. The lowest BCUT2D eigenvalue weighted by Crippen LogP contribution is -2.12. The van der Waals surface area contributed by atoms with E-state index in [1.165, 1.54) is 4.88 Å². The number of hydrogen-bond donors (Lipinski definition) is 3.